The van der Waals surface area contributed by atoms with Crippen molar-refractivity contribution in [2.45, 2.75) is 24.3 Å². The largest absolute Gasteiger partial charge is 0.358 e. The van der Waals surface area contributed by atoms with E-state index in [0.29, 0.717) is 11.1 Å². The molecule has 12 heteroatoms. The summed E-state index contributed by atoms with van der Waals surface area (Å²) in [6, 6.07) is 2.05. The molecule has 1 fully saturated rings. The Kier molecular flexibility index (Phi) is 4.10. The van der Waals surface area contributed by atoms with Crippen LogP contribution < -0.4 is 5.32 Å². The number of hydrogen-bond donors (Lipinski definition) is 2. The second-order valence-corrected chi connectivity index (χ2v) is 8.29. The van der Waals surface area contributed by atoms with E-state index in [1.54, 1.807) is 24.4 Å². The number of fused-ring (bicyclic) bond motifs is 7. The van der Waals surface area contributed by atoms with Crippen LogP contribution in [0.15, 0.2) is 28.2 Å². The zero-order valence-electron chi connectivity index (χ0n) is 17.0. The molecule has 4 aliphatic rings. The van der Waals surface area contributed by atoms with Gasteiger partial charge < -0.3 is 15.1 Å². The molecule has 0 aromatic carbocycles. The Labute approximate surface area is 184 Å². The van der Waals surface area contributed by atoms with Gasteiger partial charge in [-0.05, 0) is 23.3 Å². The number of nitrogens with zero attached hydrogens (tertiary/aromatic N) is 6. The third-order valence-electron chi connectivity index (χ3n) is 6.60. The normalized spacial score (nSPS) is 28.1. The van der Waals surface area contributed by atoms with Crippen molar-refractivity contribution in [1.82, 2.24) is 19.8 Å². The topological polar surface area (TPSA) is 92.9 Å². The van der Waals surface area contributed by atoms with Gasteiger partial charge in [0.25, 0.3) is 0 Å². The van der Waals surface area contributed by atoms with Crippen LogP contribution in [0.4, 0.5) is 23.2 Å². The van der Waals surface area contributed by atoms with Crippen molar-refractivity contribution in [3.63, 3.8) is 0 Å². The molecular weight excluding hydrogens is 440 g/mol. The maximum Gasteiger partial charge on any atom is 0.239 e. The first-order valence-electron chi connectivity index (χ1n) is 10.1. The van der Waals surface area contributed by atoms with Gasteiger partial charge in [0.2, 0.25) is 23.8 Å². The summed E-state index contributed by atoms with van der Waals surface area (Å²) in [7, 11) is 1.63. The smallest absolute Gasteiger partial charge is 0.239 e. The van der Waals surface area contributed by atoms with Crippen LogP contribution in [0.25, 0.3) is 5.57 Å². The number of halogens is 4. The van der Waals surface area contributed by atoms with E-state index in [1.807, 2.05) is 0 Å². The predicted molar refractivity (Wildman–Crippen MR) is 112 cm³/mol. The third kappa shape index (κ3) is 2.79. The molecule has 1 aliphatic carbocycles. The van der Waals surface area contributed by atoms with Gasteiger partial charge in [-0.25, -0.2) is 9.98 Å². The van der Waals surface area contributed by atoms with E-state index in [1.165, 1.54) is 17.3 Å². The summed E-state index contributed by atoms with van der Waals surface area (Å²) in [5.74, 6) is -4.61. The highest BCUT2D eigenvalue weighted by atomic mass is 19.1. The first-order chi connectivity index (χ1) is 15.9. The standard InChI is InChI=1S/C21H16F4N8/c1-32(5-26)13-4-8(9-2-11(22)30-20(25)17(9)31-13)14-15-10-3-12(23)29-19(24)16(10)21-28-6-27-7-33(21)18(14)15/h2-7,13-15,18,21,26,31H,1H3. The number of rotatable bonds is 3. The Bertz CT molecular complexity index is 1290. The van der Waals surface area contributed by atoms with E-state index in [-0.39, 0.29) is 34.7 Å². The summed E-state index contributed by atoms with van der Waals surface area (Å²) in [6.07, 6.45) is 4.31. The van der Waals surface area contributed by atoms with Gasteiger partial charge in [0.15, 0.2) is 6.17 Å². The molecule has 0 bridgehead atoms. The van der Waals surface area contributed by atoms with E-state index in [4.69, 9.17) is 5.41 Å². The Balaban J connectivity index is 1.53. The number of likely N-dealkylation sites (N-methyl/N-ethyl adjacent to an activating group) is 1. The van der Waals surface area contributed by atoms with Crippen molar-refractivity contribution in [3.8, 4) is 0 Å². The predicted octanol–water partition coefficient (Wildman–Crippen LogP) is 2.87. The van der Waals surface area contributed by atoms with Gasteiger partial charge in [0, 0.05) is 36.6 Å². The van der Waals surface area contributed by atoms with Crippen LogP contribution in [0.2, 0.25) is 0 Å². The molecule has 168 valence electrons. The fourth-order valence-corrected chi connectivity index (χ4v) is 5.16. The highest BCUT2D eigenvalue weighted by molar-refractivity contribution is 5.86. The minimum absolute atomic E-state index is 0.00504. The Morgan fingerprint density at radius 2 is 1.85 bits per heavy atom. The lowest BCUT2D eigenvalue weighted by atomic mass is 9.92. The summed E-state index contributed by atoms with van der Waals surface area (Å²) in [4.78, 5) is 18.2. The number of pyridine rings is 2. The van der Waals surface area contributed by atoms with Crippen molar-refractivity contribution < 1.29 is 17.6 Å². The van der Waals surface area contributed by atoms with Crippen molar-refractivity contribution in [2.75, 3.05) is 12.4 Å². The third-order valence-corrected chi connectivity index (χ3v) is 6.60. The van der Waals surface area contributed by atoms with Crippen molar-refractivity contribution in [2.24, 2.45) is 15.9 Å². The van der Waals surface area contributed by atoms with Crippen LogP contribution in [-0.4, -0.2) is 58.0 Å². The summed E-state index contributed by atoms with van der Waals surface area (Å²) >= 11 is 0. The molecule has 0 radical (unpaired) electrons. The molecule has 3 aliphatic heterocycles. The van der Waals surface area contributed by atoms with E-state index < -0.39 is 36.1 Å². The first kappa shape index (κ1) is 19.8. The van der Waals surface area contributed by atoms with Crippen LogP contribution in [0, 0.1) is 35.1 Å². The maximum absolute atomic E-state index is 14.8. The molecular formula is C21H16F4N8. The van der Waals surface area contributed by atoms with Gasteiger partial charge in [0.1, 0.15) is 12.5 Å². The Hall–Kier alpha value is -3.83. The molecule has 1 saturated carbocycles. The summed E-state index contributed by atoms with van der Waals surface area (Å²) in [6.45, 7) is 0. The molecule has 0 saturated heterocycles. The lowest BCUT2D eigenvalue weighted by molar-refractivity contribution is 0.285. The first-order valence-corrected chi connectivity index (χ1v) is 10.1. The van der Waals surface area contributed by atoms with Gasteiger partial charge in [-0.2, -0.15) is 27.5 Å². The molecule has 2 aromatic heterocycles. The van der Waals surface area contributed by atoms with Gasteiger partial charge in [-0.15, -0.1) is 0 Å². The molecule has 6 rings (SSSR count). The molecule has 5 heterocycles. The van der Waals surface area contributed by atoms with E-state index in [0.717, 1.165) is 12.4 Å². The SMILES string of the molecule is CN(C=N)C1C=C(C2C3c4cc(F)nc(F)c4C4N=CN=CN4C23)c2cc(F)nc(F)c2N1. The minimum atomic E-state index is -1.01. The zero-order valence-corrected chi connectivity index (χ0v) is 17.0. The molecule has 5 unspecified atom stereocenters. The zero-order chi connectivity index (χ0) is 23.0. The second-order valence-electron chi connectivity index (χ2n) is 8.29. The van der Waals surface area contributed by atoms with Crippen molar-refractivity contribution in [1.29, 1.82) is 5.41 Å². The molecule has 5 atom stereocenters. The number of anilines is 1. The van der Waals surface area contributed by atoms with E-state index in [9.17, 15) is 17.6 Å². The number of aromatic nitrogens is 2. The average Bonchev–Trinajstić information content (AvgIpc) is 3.54. The number of hydrogen-bond acceptors (Lipinski definition) is 7. The molecule has 0 spiro atoms. The number of aliphatic imine (C=N–C) groups is 2. The van der Waals surface area contributed by atoms with Crippen LogP contribution in [0.5, 0.6) is 0 Å². The molecule has 2 N–H and O–H groups in total. The van der Waals surface area contributed by atoms with Gasteiger partial charge in [-0.1, -0.05) is 0 Å². The van der Waals surface area contributed by atoms with E-state index in [2.05, 4.69) is 25.3 Å². The van der Waals surface area contributed by atoms with Gasteiger partial charge in [0.05, 0.1) is 23.9 Å². The lowest BCUT2D eigenvalue weighted by Gasteiger charge is -2.34. The van der Waals surface area contributed by atoms with Crippen LogP contribution in [0.1, 0.15) is 28.8 Å². The lowest BCUT2D eigenvalue weighted by Crippen LogP contribution is -2.38. The Morgan fingerprint density at radius 1 is 1.09 bits per heavy atom. The average molecular weight is 456 g/mol. The van der Waals surface area contributed by atoms with Crippen LogP contribution >= 0.6 is 0 Å². The van der Waals surface area contributed by atoms with E-state index >= 15 is 0 Å². The van der Waals surface area contributed by atoms with Crippen molar-refractivity contribution in [3.05, 3.63) is 58.7 Å². The number of nitrogens with one attached hydrogen (secondary N) is 2. The van der Waals surface area contributed by atoms with Crippen LogP contribution in [-0.2, 0) is 0 Å². The molecule has 33 heavy (non-hydrogen) atoms. The fourth-order valence-electron chi connectivity index (χ4n) is 5.16. The molecule has 2 aromatic rings. The highest BCUT2D eigenvalue weighted by Gasteiger charge is 2.62. The quantitative estimate of drug-likeness (QED) is 0.321. The van der Waals surface area contributed by atoms with Crippen LogP contribution in [0.3, 0.4) is 0 Å². The monoisotopic (exact) mass is 456 g/mol. The highest BCUT2D eigenvalue weighted by Crippen LogP contribution is 2.64. The second kappa shape index (κ2) is 6.83. The summed E-state index contributed by atoms with van der Waals surface area (Å²) in [5.41, 5.74) is 1.46. The summed E-state index contributed by atoms with van der Waals surface area (Å²) < 4.78 is 57.6. The van der Waals surface area contributed by atoms with Crippen molar-refractivity contribution >= 4 is 30.3 Å². The van der Waals surface area contributed by atoms with Gasteiger partial charge in [-0.3, -0.25) is 5.41 Å². The Morgan fingerprint density at radius 3 is 2.64 bits per heavy atom. The molecule has 0 amide bonds. The van der Waals surface area contributed by atoms with Gasteiger partial charge >= 0.3 is 0 Å². The maximum atomic E-state index is 14.8. The minimum Gasteiger partial charge on any atom is -0.358 e. The fraction of sp³-hybridized carbons (Fsp3) is 0.286. The summed E-state index contributed by atoms with van der Waals surface area (Å²) in [5, 5.41) is 10.5. The molecule has 8 nitrogen and oxygen atoms in total.